The number of hydrogen-bond donors (Lipinski definition) is 0. The van der Waals surface area contributed by atoms with Gasteiger partial charge in [-0.2, -0.15) is 0 Å². The van der Waals surface area contributed by atoms with Gasteiger partial charge in [0.1, 0.15) is 0 Å². The Balaban J connectivity index is 2.37. The maximum absolute atomic E-state index is 12.3. The lowest BCUT2D eigenvalue weighted by molar-refractivity contribution is -0.321. The molecule has 0 aromatic carbocycles. The summed E-state index contributed by atoms with van der Waals surface area (Å²) in [7, 11) is 0. The molecule has 0 aromatic rings. The lowest BCUT2D eigenvalue weighted by Gasteiger charge is -2.57. The van der Waals surface area contributed by atoms with Crippen LogP contribution in [0.5, 0.6) is 0 Å². The third-order valence-corrected chi connectivity index (χ3v) is 5.84. The summed E-state index contributed by atoms with van der Waals surface area (Å²) in [6.45, 7) is 9.90. The number of carbonyl (C=O) groups is 2. The largest absolute Gasteiger partial charge is 0.549 e. The molecule has 2 unspecified atom stereocenters. The standard InChI is InChI=1S/C19H26O4/c1-16(2)8-18(5)7-11-6-17(3,4)13(14(20)21)12(11)19(9-16,10-18)15(22)23/h7H,6,8-10H2,1-5H3,(H,20,21)(H,22,23)/p-2. The fraction of sp³-hybridized carbons (Fsp3) is 0.684. The van der Waals surface area contributed by atoms with E-state index in [1.165, 1.54) is 0 Å². The van der Waals surface area contributed by atoms with Crippen LogP contribution in [0.1, 0.15) is 60.3 Å². The summed E-state index contributed by atoms with van der Waals surface area (Å²) in [6.07, 6.45) is 4.40. The van der Waals surface area contributed by atoms with Crippen molar-refractivity contribution in [2.75, 3.05) is 0 Å². The molecule has 4 heteroatoms. The van der Waals surface area contributed by atoms with Gasteiger partial charge in [0.15, 0.2) is 0 Å². The maximum atomic E-state index is 12.3. The summed E-state index contributed by atoms with van der Waals surface area (Å²) >= 11 is 0. The molecule has 23 heavy (non-hydrogen) atoms. The van der Waals surface area contributed by atoms with Crippen LogP contribution in [0.25, 0.3) is 0 Å². The molecule has 3 aliphatic carbocycles. The smallest absolute Gasteiger partial charge is 0.0683 e. The Labute approximate surface area is 137 Å². The molecule has 0 aliphatic heterocycles. The van der Waals surface area contributed by atoms with Gasteiger partial charge in [0, 0.05) is 5.41 Å². The van der Waals surface area contributed by atoms with Crippen LogP contribution in [0.4, 0.5) is 0 Å². The number of carboxylic acid groups (broad SMARTS) is 2. The lowest BCUT2D eigenvalue weighted by Crippen LogP contribution is -2.55. The topological polar surface area (TPSA) is 80.3 Å². The average Bonchev–Trinajstić information content (AvgIpc) is 2.55. The van der Waals surface area contributed by atoms with E-state index in [0.29, 0.717) is 24.8 Å². The van der Waals surface area contributed by atoms with Crippen molar-refractivity contribution >= 4 is 11.9 Å². The Bertz CT molecular complexity index is 679. The highest BCUT2D eigenvalue weighted by atomic mass is 16.4. The van der Waals surface area contributed by atoms with E-state index in [4.69, 9.17) is 0 Å². The molecule has 0 spiro atoms. The van der Waals surface area contributed by atoms with E-state index < -0.39 is 22.8 Å². The van der Waals surface area contributed by atoms with E-state index in [1.807, 2.05) is 13.8 Å². The molecule has 1 fully saturated rings. The first kappa shape index (κ1) is 16.3. The van der Waals surface area contributed by atoms with Crippen molar-refractivity contribution in [2.24, 2.45) is 21.7 Å². The average molecular weight is 316 g/mol. The van der Waals surface area contributed by atoms with Gasteiger partial charge in [-0.05, 0) is 58.6 Å². The van der Waals surface area contributed by atoms with E-state index in [0.717, 1.165) is 12.0 Å². The first-order valence-electron chi connectivity index (χ1n) is 8.22. The fourth-order valence-corrected chi connectivity index (χ4v) is 5.93. The van der Waals surface area contributed by atoms with E-state index in [9.17, 15) is 19.8 Å². The number of carboxylic acids is 2. The van der Waals surface area contributed by atoms with E-state index in [2.05, 4.69) is 26.8 Å². The second-order valence-electron chi connectivity index (χ2n) is 9.49. The highest BCUT2D eigenvalue weighted by Crippen LogP contribution is 2.66. The SMILES string of the molecule is CC1(C)CC2(C)C=C3CC(C)(C)C(C(=O)[O-])=C3C(C(=O)[O-])(C1)C2. The molecule has 3 aliphatic rings. The second-order valence-corrected chi connectivity index (χ2v) is 9.49. The minimum Gasteiger partial charge on any atom is -0.549 e. The molecule has 3 rings (SSSR count). The van der Waals surface area contributed by atoms with Crippen molar-refractivity contribution in [3.8, 4) is 0 Å². The van der Waals surface area contributed by atoms with Gasteiger partial charge in [-0.25, -0.2) is 0 Å². The van der Waals surface area contributed by atoms with Gasteiger partial charge in [0.05, 0.1) is 11.9 Å². The zero-order chi connectivity index (χ0) is 17.4. The maximum Gasteiger partial charge on any atom is 0.0683 e. The van der Waals surface area contributed by atoms with Crippen LogP contribution in [-0.4, -0.2) is 11.9 Å². The zero-order valence-corrected chi connectivity index (χ0v) is 14.5. The first-order valence-corrected chi connectivity index (χ1v) is 8.22. The first-order chi connectivity index (χ1) is 10.3. The van der Waals surface area contributed by atoms with Crippen molar-refractivity contribution in [3.63, 3.8) is 0 Å². The molecule has 0 aromatic heterocycles. The van der Waals surface area contributed by atoms with Gasteiger partial charge < -0.3 is 19.8 Å². The quantitative estimate of drug-likeness (QED) is 0.770. The highest BCUT2D eigenvalue weighted by Gasteiger charge is 2.58. The predicted octanol–water partition coefficient (Wildman–Crippen LogP) is 1.36. The predicted molar refractivity (Wildman–Crippen MR) is 81.7 cm³/mol. The summed E-state index contributed by atoms with van der Waals surface area (Å²) in [5.74, 6) is -2.39. The van der Waals surface area contributed by atoms with Gasteiger partial charge >= 0.3 is 0 Å². The van der Waals surface area contributed by atoms with Gasteiger partial charge in [-0.15, -0.1) is 0 Å². The van der Waals surface area contributed by atoms with Gasteiger partial charge in [-0.3, -0.25) is 0 Å². The number of hydrogen-bond acceptors (Lipinski definition) is 4. The molecule has 0 radical (unpaired) electrons. The third kappa shape index (κ3) is 2.18. The van der Waals surface area contributed by atoms with Gasteiger partial charge in [-0.1, -0.05) is 40.7 Å². The summed E-state index contributed by atoms with van der Waals surface area (Å²) in [5, 5.41) is 24.1. The molecule has 4 nitrogen and oxygen atoms in total. The van der Waals surface area contributed by atoms with Gasteiger partial charge in [0.2, 0.25) is 0 Å². The monoisotopic (exact) mass is 316 g/mol. The minimum atomic E-state index is -1.25. The number of carbonyl (C=O) groups excluding carboxylic acids is 2. The van der Waals surface area contributed by atoms with Crippen molar-refractivity contribution in [1.82, 2.24) is 0 Å². The van der Waals surface area contributed by atoms with Crippen LogP contribution < -0.4 is 10.2 Å². The second kappa shape index (κ2) is 4.28. The molecule has 2 atom stereocenters. The van der Waals surface area contributed by atoms with Crippen LogP contribution in [-0.2, 0) is 9.59 Å². The number of fused-ring (bicyclic) bond motifs is 4. The zero-order valence-electron chi connectivity index (χ0n) is 14.5. The van der Waals surface area contributed by atoms with E-state index >= 15 is 0 Å². The van der Waals surface area contributed by atoms with Crippen LogP contribution in [0.2, 0.25) is 0 Å². The number of rotatable bonds is 2. The molecular formula is C19H24O4-2. The molecule has 0 heterocycles. The Morgan fingerprint density at radius 3 is 2.13 bits per heavy atom. The minimum absolute atomic E-state index is 0.160. The molecule has 0 amide bonds. The van der Waals surface area contributed by atoms with Crippen molar-refractivity contribution in [1.29, 1.82) is 0 Å². The van der Waals surface area contributed by atoms with Crippen molar-refractivity contribution in [2.45, 2.75) is 60.3 Å². The van der Waals surface area contributed by atoms with Crippen LogP contribution >= 0.6 is 0 Å². The Hall–Kier alpha value is -1.58. The Kier molecular flexibility index (Phi) is 3.03. The molecule has 0 N–H and O–H groups in total. The fourth-order valence-electron chi connectivity index (χ4n) is 5.93. The number of allylic oxidation sites excluding steroid dienone is 2. The Morgan fingerprint density at radius 1 is 1.00 bits per heavy atom. The van der Waals surface area contributed by atoms with Crippen molar-refractivity contribution < 1.29 is 19.8 Å². The van der Waals surface area contributed by atoms with E-state index in [-0.39, 0.29) is 16.4 Å². The summed E-state index contributed by atoms with van der Waals surface area (Å²) in [5.41, 5.74) is -0.739. The highest BCUT2D eigenvalue weighted by molar-refractivity contribution is 5.94. The lowest BCUT2D eigenvalue weighted by atomic mass is 9.49. The molecule has 1 saturated carbocycles. The van der Waals surface area contributed by atoms with Crippen molar-refractivity contribution in [3.05, 3.63) is 22.8 Å². The van der Waals surface area contributed by atoms with Gasteiger partial charge in [0.25, 0.3) is 0 Å². The van der Waals surface area contributed by atoms with Crippen LogP contribution in [0.3, 0.4) is 0 Å². The molecule has 0 saturated heterocycles. The third-order valence-electron chi connectivity index (χ3n) is 5.84. The summed E-state index contributed by atoms with van der Waals surface area (Å²) in [6, 6.07) is 0. The molecule has 2 bridgehead atoms. The molecule has 126 valence electrons. The number of aliphatic carboxylic acids is 2. The molecular weight excluding hydrogens is 292 g/mol. The van der Waals surface area contributed by atoms with Crippen LogP contribution in [0.15, 0.2) is 22.8 Å². The normalized spacial score (nSPS) is 37.2. The van der Waals surface area contributed by atoms with E-state index in [1.54, 1.807) is 0 Å². The summed E-state index contributed by atoms with van der Waals surface area (Å²) < 4.78 is 0. The van der Waals surface area contributed by atoms with Crippen LogP contribution in [0, 0.1) is 21.7 Å². The summed E-state index contributed by atoms with van der Waals surface area (Å²) in [4.78, 5) is 24.1. The Morgan fingerprint density at radius 2 is 1.61 bits per heavy atom.